The van der Waals surface area contributed by atoms with Crippen LogP contribution in [0.3, 0.4) is 0 Å². The first-order valence-corrected chi connectivity index (χ1v) is 6.92. The number of halogens is 2. The molecule has 3 nitrogen and oxygen atoms in total. The van der Waals surface area contributed by atoms with Crippen molar-refractivity contribution in [1.29, 1.82) is 0 Å². The summed E-state index contributed by atoms with van der Waals surface area (Å²) in [6, 6.07) is 3.63. The second kappa shape index (κ2) is 5.23. The van der Waals surface area contributed by atoms with Gasteiger partial charge in [-0.1, -0.05) is 19.3 Å². The number of H-pyrrole nitrogens is 1. The Labute approximate surface area is 115 Å². The Bertz CT molecular complexity index is 645. The third kappa shape index (κ3) is 2.53. The van der Waals surface area contributed by atoms with E-state index in [1.54, 1.807) is 0 Å². The van der Waals surface area contributed by atoms with Crippen LogP contribution < -0.4 is 5.32 Å². The SMILES string of the molecule is O=C(NC1CCCCC1)c1cc2c(F)cc(F)cc2[nH]1. The molecule has 0 radical (unpaired) electrons. The fraction of sp³-hybridized carbons (Fsp3) is 0.400. The molecule has 0 atom stereocenters. The van der Waals surface area contributed by atoms with E-state index in [0.717, 1.165) is 31.7 Å². The molecular weight excluding hydrogens is 262 g/mol. The normalized spacial score (nSPS) is 16.5. The molecule has 1 saturated carbocycles. The van der Waals surface area contributed by atoms with Gasteiger partial charge in [0.15, 0.2) is 0 Å². The predicted octanol–water partition coefficient (Wildman–Crippen LogP) is 3.51. The molecule has 0 saturated heterocycles. The van der Waals surface area contributed by atoms with Gasteiger partial charge in [0.1, 0.15) is 17.3 Å². The number of carbonyl (C=O) groups excluding carboxylic acids is 1. The van der Waals surface area contributed by atoms with Crippen molar-refractivity contribution in [3.05, 3.63) is 35.5 Å². The maximum Gasteiger partial charge on any atom is 0.267 e. The molecule has 0 spiro atoms. The van der Waals surface area contributed by atoms with Gasteiger partial charge < -0.3 is 10.3 Å². The molecule has 0 aliphatic heterocycles. The smallest absolute Gasteiger partial charge is 0.267 e. The van der Waals surface area contributed by atoms with Crippen molar-refractivity contribution < 1.29 is 13.6 Å². The summed E-state index contributed by atoms with van der Waals surface area (Å²) in [5.41, 5.74) is 0.575. The summed E-state index contributed by atoms with van der Waals surface area (Å²) < 4.78 is 26.7. The highest BCUT2D eigenvalue weighted by Gasteiger charge is 2.18. The zero-order chi connectivity index (χ0) is 14.1. The Hall–Kier alpha value is -1.91. The van der Waals surface area contributed by atoms with Gasteiger partial charge in [0.25, 0.3) is 5.91 Å². The molecule has 2 N–H and O–H groups in total. The second-order valence-corrected chi connectivity index (χ2v) is 5.34. The van der Waals surface area contributed by atoms with Crippen molar-refractivity contribution in [1.82, 2.24) is 10.3 Å². The molecule has 20 heavy (non-hydrogen) atoms. The van der Waals surface area contributed by atoms with E-state index in [1.807, 2.05) is 0 Å². The summed E-state index contributed by atoms with van der Waals surface area (Å²) >= 11 is 0. The van der Waals surface area contributed by atoms with Crippen molar-refractivity contribution in [2.75, 3.05) is 0 Å². The highest BCUT2D eigenvalue weighted by molar-refractivity contribution is 5.98. The summed E-state index contributed by atoms with van der Waals surface area (Å²) in [7, 11) is 0. The quantitative estimate of drug-likeness (QED) is 0.867. The van der Waals surface area contributed by atoms with Crippen LogP contribution in [0, 0.1) is 11.6 Å². The van der Waals surface area contributed by atoms with Gasteiger partial charge in [-0.15, -0.1) is 0 Å². The van der Waals surface area contributed by atoms with Crippen molar-refractivity contribution in [2.24, 2.45) is 0 Å². The number of aromatic nitrogens is 1. The van der Waals surface area contributed by atoms with Crippen molar-refractivity contribution in [2.45, 2.75) is 38.1 Å². The van der Waals surface area contributed by atoms with Gasteiger partial charge in [-0.05, 0) is 25.0 Å². The lowest BCUT2D eigenvalue weighted by Crippen LogP contribution is -2.36. The van der Waals surface area contributed by atoms with Crippen molar-refractivity contribution >= 4 is 16.8 Å². The minimum atomic E-state index is -0.659. The molecule has 0 unspecified atom stereocenters. The number of fused-ring (bicyclic) bond motifs is 1. The van der Waals surface area contributed by atoms with Gasteiger partial charge in [0.05, 0.1) is 5.52 Å². The van der Waals surface area contributed by atoms with E-state index in [-0.39, 0.29) is 23.0 Å². The maximum atomic E-state index is 13.6. The Kier molecular flexibility index (Phi) is 3.42. The Morgan fingerprint density at radius 3 is 2.65 bits per heavy atom. The number of hydrogen-bond acceptors (Lipinski definition) is 1. The molecule has 1 fully saturated rings. The van der Waals surface area contributed by atoms with E-state index in [1.165, 1.54) is 18.6 Å². The number of benzene rings is 1. The van der Waals surface area contributed by atoms with Crippen LogP contribution in [-0.2, 0) is 0 Å². The number of amides is 1. The lowest BCUT2D eigenvalue weighted by Gasteiger charge is -2.22. The van der Waals surface area contributed by atoms with Crippen LogP contribution >= 0.6 is 0 Å². The molecule has 0 bridgehead atoms. The van der Waals surface area contributed by atoms with E-state index in [4.69, 9.17) is 0 Å². The molecule has 3 rings (SSSR count). The zero-order valence-corrected chi connectivity index (χ0v) is 11.0. The Balaban J connectivity index is 1.82. The minimum absolute atomic E-state index is 0.184. The van der Waals surface area contributed by atoms with Crippen LogP contribution in [0.25, 0.3) is 10.9 Å². The number of carbonyl (C=O) groups is 1. The van der Waals surface area contributed by atoms with E-state index in [9.17, 15) is 13.6 Å². The van der Waals surface area contributed by atoms with Crippen molar-refractivity contribution in [3.8, 4) is 0 Å². The second-order valence-electron chi connectivity index (χ2n) is 5.34. The molecule has 106 valence electrons. The standard InChI is InChI=1S/C15H16F2N2O/c16-9-6-12(17)11-8-14(19-13(11)7-9)15(20)18-10-4-2-1-3-5-10/h6-8,10,19H,1-5H2,(H,18,20). The van der Waals surface area contributed by atoms with Crippen LogP contribution in [0.15, 0.2) is 18.2 Å². The van der Waals surface area contributed by atoms with Gasteiger partial charge in [0, 0.05) is 17.5 Å². The Morgan fingerprint density at radius 1 is 1.15 bits per heavy atom. The van der Waals surface area contributed by atoms with Crippen LogP contribution in [0.5, 0.6) is 0 Å². The van der Waals surface area contributed by atoms with Crippen molar-refractivity contribution in [3.63, 3.8) is 0 Å². The van der Waals surface area contributed by atoms with E-state index < -0.39 is 11.6 Å². The molecule has 1 heterocycles. The summed E-state index contributed by atoms with van der Waals surface area (Å²) in [5.74, 6) is -1.57. The van der Waals surface area contributed by atoms with Gasteiger partial charge in [-0.2, -0.15) is 0 Å². The van der Waals surface area contributed by atoms with E-state index in [0.29, 0.717) is 5.52 Å². The van der Waals surface area contributed by atoms with Crippen LogP contribution in [-0.4, -0.2) is 16.9 Å². The zero-order valence-electron chi connectivity index (χ0n) is 11.0. The number of hydrogen-bond donors (Lipinski definition) is 2. The monoisotopic (exact) mass is 278 g/mol. The average molecular weight is 278 g/mol. The largest absolute Gasteiger partial charge is 0.350 e. The fourth-order valence-corrected chi connectivity index (χ4v) is 2.79. The summed E-state index contributed by atoms with van der Waals surface area (Å²) in [5, 5.41) is 3.18. The molecule has 2 aromatic rings. The van der Waals surface area contributed by atoms with Crippen LogP contribution in [0.2, 0.25) is 0 Å². The van der Waals surface area contributed by atoms with E-state index >= 15 is 0 Å². The summed E-state index contributed by atoms with van der Waals surface area (Å²) in [6.45, 7) is 0. The third-order valence-corrected chi connectivity index (χ3v) is 3.84. The first-order chi connectivity index (χ1) is 9.63. The average Bonchev–Trinajstić information content (AvgIpc) is 2.84. The van der Waals surface area contributed by atoms with Gasteiger partial charge in [0.2, 0.25) is 0 Å². The van der Waals surface area contributed by atoms with Crippen LogP contribution in [0.4, 0.5) is 8.78 Å². The molecular formula is C15H16F2N2O. The molecule has 1 aliphatic rings. The maximum absolute atomic E-state index is 13.6. The molecule has 1 amide bonds. The van der Waals surface area contributed by atoms with Gasteiger partial charge >= 0.3 is 0 Å². The lowest BCUT2D eigenvalue weighted by atomic mass is 9.95. The highest BCUT2D eigenvalue weighted by Crippen LogP contribution is 2.22. The molecule has 1 aromatic carbocycles. The third-order valence-electron chi connectivity index (χ3n) is 3.84. The number of rotatable bonds is 2. The molecule has 1 aliphatic carbocycles. The first-order valence-electron chi connectivity index (χ1n) is 6.92. The molecule has 5 heteroatoms. The first kappa shape index (κ1) is 13.1. The summed E-state index contributed by atoms with van der Waals surface area (Å²) in [4.78, 5) is 14.9. The van der Waals surface area contributed by atoms with Crippen LogP contribution in [0.1, 0.15) is 42.6 Å². The summed E-state index contributed by atoms with van der Waals surface area (Å²) in [6.07, 6.45) is 5.42. The highest BCUT2D eigenvalue weighted by atomic mass is 19.1. The molecule has 1 aromatic heterocycles. The Morgan fingerprint density at radius 2 is 1.90 bits per heavy atom. The minimum Gasteiger partial charge on any atom is -0.350 e. The van der Waals surface area contributed by atoms with Gasteiger partial charge in [-0.25, -0.2) is 8.78 Å². The lowest BCUT2D eigenvalue weighted by molar-refractivity contribution is 0.0923. The van der Waals surface area contributed by atoms with E-state index in [2.05, 4.69) is 10.3 Å². The number of nitrogens with one attached hydrogen (secondary N) is 2. The topological polar surface area (TPSA) is 44.9 Å². The fourth-order valence-electron chi connectivity index (χ4n) is 2.79. The predicted molar refractivity (Wildman–Crippen MR) is 72.6 cm³/mol. The van der Waals surface area contributed by atoms with Gasteiger partial charge in [-0.3, -0.25) is 4.79 Å². The number of aromatic amines is 1.